The van der Waals surface area contributed by atoms with E-state index >= 15 is 0 Å². The lowest BCUT2D eigenvalue weighted by Crippen LogP contribution is -2.01. The van der Waals surface area contributed by atoms with Crippen LogP contribution in [0.1, 0.15) is 23.5 Å². The van der Waals surface area contributed by atoms with E-state index in [4.69, 9.17) is 4.74 Å². The molecule has 1 heterocycles. The van der Waals surface area contributed by atoms with Crippen molar-refractivity contribution < 1.29 is 14.8 Å². The van der Waals surface area contributed by atoms with Crippen LogP contribution in [0.3, 0.4) is 0 Å². The topological polar surface area (TPSA) is 72.6 Å². The Balaban J connectivity index is 2.21. The Bertz CT molecular complexity index is 566. The molecule has 0 bridgehead atoms. The van der Waals surface area contributed by atoms with Crippen LogP contribution in [0.4, 0.5) is 5.69 Å². The number of thiophene rings is 1. The lowest BCUT2D eigenvalue weighted by molar-refractivity contribution is -0.385. The smallest absolute Gasteiger partial charge is 0.270 e. The number of rotatable bonds is 5. The molecular formula is C13H13NO4S. The van der Waals surface area contributed by atoms with Crippen LogP contribution in [-0.4, -0.2) is 10.0 Å². The van der Waals surface area contributed by atoms with E-state index in [1.165, 1.54) is 18.2 Å². The average molecular weight is 279 g/mol. The van der Waals surface area contributed by atoms with E-state index in [1.54, 1.807) is 18.3 Å². The molecule has 1 unspecified atom stereocenters. The summed E-state index contributed by atoms with van der Waals surface area (Å²) in [5, 5.41) is 22.3. The van der Waals surface area contributed by atoms with E-state index < -0.39 is 11.0 Å². The molecule has 0 aliphatic heterocycles. The monoisotopic (exact) mass is 279 g/mol. The predicted octanol–water partition coefficient (Wildman–Crippen LogP) is 3.29. The van der Waals surface area contributed by atoms with Gasteiger partial charge in [-0.1, -0.05) is 6.07 Å². The van der Waals surface area contributed by atoms with Crippen molar-refractivity contribution in [2.45, 2.75) is 19.6 Å². The fourth-order valence-electron chi connectivity index (χ4n) is 1.65. The van der Waals surface area contributed by atoms with Crippen LogP contribution >= 0.6 is 11.3 Å². The van der Waals surface area contributed by atoms with Gasteiger partial charge in [0.25, 0.3) is 5.69 Å². The number of nitro groups is 1. The van der Waals surface area contributed by atoms with Crippen LogP contribution in [0.15, 0.2) is 35.7 Å². The van der Waals surface area contributed by atoms with Gasteiger partial charge in [0.15, 0.2) is 0 Å². The molecule has 0 aliphatic carbocycles. The van der Waals surface area contributed by atoms with Gasteiger partial charge >= 0.3 is 0 Å². The Morgan fingerprint density at radius 2 is 2.26 bits per heavy atom. The molecule has 1 N–H and O–H groups in total. The standard InChI is InChI=1S/C13H13NO4S/c1-9(15)12-7-10(14(16)17)4-5-13(12)18-8-11-3-2-6-19-11/h2-7,9,15H,8H2,1H3. The highest BCUT2D eigenvalue weighted by molar-refractivity contribution is 7.09. The number of aliphatic hydroxyl groups excluding tert-OH is 1. The zero-order chi connectivity index (χ0) is 13.8. The molecule has 0 aliphatic rings. The SMILES string of the molecule is CC(O)c1cc([N+](=O)[O-])ccc1OCc1cccs1. The number of hydrogen-bond acceptors (Lipinski definition) is 5. The van der Waals surface area contributed by atoms with Gasteiger partial charge in [-0.25, -0.2) is 0 Å². The summed E-state index contributed by atoms with van der Waals surface area (Å²) in [6.07, 6.45) is -0.821. The maximum atomic E-state index is 10.7. The highest BCUT2D eigenvalue weighted by atomic mass is 32.1. The van der Waals surface area contributed by atoms with Crippen LogP contribution in [0.5, 0.6) is 5.75 Å². The molecule has 2 rings (SSSR count). The molecule has 1 atom stereocenters. The summed E-state index contributed by atoms with van der Waals surface area (Å²) < 4.78 is 5.61. The quantitative estimate of drug-likeness (QED) is 0.673. The first kappa shape index (κ1) is 13.5. The van der Waals surface area contributed by atoms with Gasteiger partial charge in [0.05, 0.1) is 11.0 Å². The lowest BCUT2D eigenvalue weighted by atomic mass is 10.1. The highest BCUT2D eigenvalue weighted by Gasteiger charge is 2.15. The zero-order valence-electron chi connectivity index (χ0n) is 10.3. The number of aliphatic hydroxyl groups is 1. The number of ether oxygens (including phenoxy) is 1. The molecule has 0 spiro atoms. The minimum absolute atomic E-state index is 0.0561. The van der Waals surface area contributed by atoms with Crippen LogP contribution in [0.25, 0.3) is 0 Å². The Morgan fingerprint density at radius 3 is 2.84 bits per heavy atom. The van der Waals surface area contributed by atoms with Gasteiger partial charge in [-0.2, -0.15) is 0 Å². The molecule has 1 aromatic heterocycles. The summed E-state index contributed by atoms with van der Waals surface area (Å²) in [5.74, 6) is 0.467. The summed E-state index contributed by atoms with van der Waals surface area (Å²) in [6.45, 7) is 1.94. The fourth-order valence-corrected chi connectivity index (χ4v) is 2.27. The Labute approximate surface area is 114 Å². The van der Waals surface area contributed by atoms with E-state index in [1.807, 2.05) is 17.5 Å². The van der Waals surface area contributed by atoms with E-state index in [2.05, 4.69) is 0 Å². The second-order valence-electron chi connectivity index (χ2n) is 4.02. The molecule has 0 amide bonds. The molecular weight excluding hydrogens is 266 g/mol. The lowest BCUT2D eigenvalue weighted by Gasteiger charge is -2.12. The summed E-state index contributed by atoms with van der Waals surface area (Å²) in [4.78, 5) is 11.3. The van der Waals surface area contributed by atoms with Crippen LogP contribution in [0.2, 0.25) is 0 Å². The minimum atomic E-state index is -0.821. The van der Waals surface area contributed by atoms with Gasteiger partial charge in [0.2, 0.25) is 0 Å². The van der Waals surface area contributed by atoms with Crippen molar-refractivity contribution in [1.82, 2.24) is 0 Å². The zero-order valence-corrected chi connectivity index (χ0v) is 11.1. The largest absolute Gasteiger partial charge is 0.488 e. The third-order valence-electron chi connectivity index (χ3n) is 2.60. The fraction of sp³-hybridized carbons (Fsp3) is 0.231. The van der Waals surface area contributed by atoms with Crippen molar-refractivity contribution in [2.24, 2.45) is 0 Å². The normalized spacial score (nSPS) is 12.1. The summed E-state index contributed by atoms with van der Waals surface area (Å²) >= 11 is 1.57. The summed E-state index contributed by atoms with van der Waals surface area (Å²) in [6, 6.07) is 8.10. The number of nitrogens with zero attached hydrogens (tertiary/aromatic N) is 1. The predicted molar refractivity (Wildman–Crippen MR) is 72.4 cm³/mol. The van der Waals surface area contributed by atoms with Gasteiger partial charge in [-0.05, 0) is 24.4 Å². The van der Waals surface area contributed by atoms with Crippen molar-refractivity contribution in [3.63, 3.8) is 0 Å². The Kier molecular flexibility index (Phi) is 4.13. The minimum Gasteiger partial charge on any atom is -0.488 e. The van der Waals surface area contributed by atoms with Crippen molar-refractivity contribution in [2.75, 3.05) is 0 Å². The van der Waals surface area contributed by atoms with Crippen molar-refractivity contribution in [1.29, 1.82) is 0 Å². The molecule has 0 fully saturated rings. The molecule has 100 valence electrons. The molecule has 1 aromatic carbocycles. The van der Waals surface area contributed by atoms with Crippen molar-refractivity contribution in [3.8, 4) is 5.75 Å². The van der Waals surface area contributed by atoms with Gasteiger partial charge in [-0.15, -0.1) is 11.3 Å². The Morgan fingerprint density at radius 1 is 1.47 bits per heavy atom. The van der Waals surface area contributed by atoms with Crippen LogP contribution < -0.4 is 4.74 Å². The summed E-state index contributed by atoms with van der Waals surface area (Å²) in [7, 11) is 0. The highest BCUT2D eigenvalue weighted by Crippen LogP contribution is 2.30. The van der Waals surface area contributed by atoms with Crippen molar-refractivity contribution in [3.05, 3.63) is 56.3 Å². The summed E-state index contributed by atoms with van der Waals surface area (Å²) in [5.41, 5.74) is 0.366. The van der Waals surface area contributed by atoms with Gasteiger partial charge in [0.1, 0.15) is 12.4 Å². The first-order valence-electron chi connectivity index (χ1n) is 5.69. The number of non-ortho nitro benzene ring substituents is 1. The molecule has 6 heteroatoms. The van der Waals surface area contributed by atoms with E-state index in [-0.39, 0.29) is 5.69 Å². The third-order valence-corrected chi connectivity index (χ3v) is 3.45. The van der Waals surface area contributed by atoms with E-state index in [9.17, 15) is 15.2 Å². The van der Waals surface area contributed by atoms with Gasteiger partial charge < -0.3 is 9.84 Å². The molecule has 19 heavy (non-hydrogen) atoms. The number of nitro benzene ring substituents is 1. The second kappa shape index (κ2) is 5.81. The maximum absolute atomic E-state index is 10.7. The van der Waals surface area contributed by atoms with E-state index in [0.717, 1.165) is 4.88 Å². The molecule has 0 saturated heterocycles. The van der Waals surface area contributed by atoms with Gasteiger partial charge in [0, 0.05) is 22.6 Å². The third kappa shape index (κ3) is 3.30. The van der Waals surface area contributed by atoms with Gasteiger partial charge in [-0.3, -0.25) is 10.1 Å². The Hall–Kier alpha value is -1.92. The first-order valence-corrected chi connectivity index (χ1v) is 6.57. The molecule has 2 aromatic rings. The van der Waals surface area contributed by atoms with Crippen LogP contribution in [-0.2, 0) is 6.61 Å². The molecule has 5 nitrogen and oxygen atoms in total. The molecule has 0 saturated carbocycles. The first-order chi connectivity index (χ1) is 9.08. The molecule has 0 radical (unpaired) electrons. The maximum Gasteiger partial charge on any atom is 0.270 e. The number of hydrogen-bond donors (Lipinski definition) is 1. The van der Waals surface area contributed by atoms with Crippen molar-refractivity contribution >= 4 is 17.0 Å². The number of benzene rings is 1. The van der Waals surface area contributed by atoms with Crippen LogP contribution in [0, 0.1) is 10.1 Å². The average Bonchev–Trinajstić information content (AvgIpc) is 2.89. The van der Waals surface area contributed by atoms with E-state index in [0.29, 0.717) is 17.9 Å². The second-order valence-corrected chi connectivity index (χ2v) is 5.06.